The summed E-state index contributed by atoms with van der Waals surface area (Å²) in [6.45, 7) is 8.97. The van der Waals surface area contributed by atoms with Gasteiger partial charge in [-0.15, -0.1) is 47.3 Å². The van der Waals surface area contributed by atoms with Crippen molar-refractivity contribution in [1.82, 2.24) is 14.5 Å². The van der Waals surface area contributed by atoms with Crippen LogP contribution in [-0.4, -0.2) is 14.5 Å². The Morgan fingerprint density at radius 1 is 0.667 bits per heavy atom. The van der Waals surface area contributed by atoms with Crippen molar-refractivity contribution in [3.05, 3.63) is 186 Å². The first-order chi connectivity index (χ1) is 25.8. The predicted octanol–water partition coefficient (Wildman–Crippen LogP) is 13.2. The van der Waals surface area contributed by atoms with Crippen LogP contribution < -0.4 is 0 Å². The fraction of sp³-hybridized carbons (Fsp3) is 0.102. The maximum Gasteiger partial charge on any atom is 0.0774 e. The molecule has 0 N–H and O–H groups in total. The van der Waals surface area contributed by atoms with Crippen LogP contribution in [0.1, 0.15) is 31.9 Å². The summed E-state index contributed by atoms with van der Waals surface area (Å²) in [4.78, 5) is 9.50. The molecule has 0 spiro atoms. The molecule has 0 fully saturated rings. The Hall–Kier alpha value is -5.45. The fourth-order valence-electron chi connectivity index (χ4n) is 6.80. The molecule has 0 amide bonds. The Bertz CT molecular complexity index is 2540. The summed E-state index contributed by atoms with van der Waals surface area (Å²) in [5.41, 5.74) is 13.6. The number of benzene rings is 6. The van der Waals surface area contributed by atoms with Crippen LogP contribution in [0.2, 0.25) is 0 Å². The minimum absolute atomic E-state index is 0. The SMILES string of the molecule is Cc1cc(-c2ccccc2)c(-n2c(-c3[c-]sc4cc(C(C)(C)C)ccc34)nc3ccccc32)c(-c2ccccc2)c1.[Ir].[c-]1ccccc1-c1ccccn1. The van der Waals surface area contributed by atoms with Crippen molar-refractivity contribution in [2.45, 2.75) is 33.1 Å². The van der Waals surface area contributed by atoms with Crippen molar-refractivity contribution in [2.24, 2.45) is 0 Å². The van der Waals surface area contributed by atoms with E-state index in [0.717, 1.165) is 39.4 Å². The number of nitrogens with zero attached hydrogens (tertiary/aromatic N) is 3. The Morgan fingerprint density at radius 3 is 1.94 bits per heavy atom. The van der Waals surface area contributed by atoms with Crippen LogP contribution in [0, 0.1) is 18.4 Å². The third-order valence-electron chi connectivity index (χ3n) is 9.46. The summed E-state index contributed by atoms with van der Waals surface area (Å²) in [5.74, 6) is 0.916. The van der Waals surface area contributed by atoms with E-state index >= 15 is 0 Å². The van der Waals surface area contributed by atoms with Gasteiger partial charge < -0.3 is 9.55 Å². The van der Waals surface area contributed by atoms with E-state index in [1.807, 2.05) is 42.5 Å². The summed E-state index contributed by atoms with van der Waals surface area (Å²) in [7, 11) is 0. The first-order valence-electron chi connectivity index (χ1n) is 17.9. The number of hydrogen-bond acceptors (Lipinski definition) is 3. The van der Waals surface area contributed by atoms with E-state index in [1.165, 1.54) is 43.5 Å². The van der Waals surface area contributed by atoms with Gasteiger partial charge in [0.25, 0.3) is 0 Å². The molecule has 3 aromatic heterocycles. The van der Waals surface area contributed by atoms with E-state index in [-0.39, 0.29) is 25.5 Å². The number of fused-ring (bicyclic) bond motifs is 2. The maximum absolute atomic E-state index is 5.28. The van der Waals surface area contributed by atoms with Crippen LogP contribution in [-0.2, 0) is 25.5 Å². The zero-order valence-electron chi connectivity index (χ0n) is 30.7. The molecule has 9 rings (SSSR count). The zero-order chi connectivity index (χ0) is 36.4. The topological polar surface area (TPSA) is 30.7 Å². The molecule has 0 saturated carbocycles. The van der Waals surface area contributed by atoms with Gasteiger partial charge in [0, 0.05) is 37.4 Å². The molecule has 9 aromatic rings. The second-order valence-electron chi connectivity index (χ2n) is 14.2. The molecule has 0 atom stereocenters. The third kappa shape index (κ3) is 7.49. The number of aryl methyl sites for hydroxylation is 1. The molecule has 5 heteroatoms. The number of aromatic nitrogens is 3. The van der Waals surface area contributed by atoms with Crippen molar-refractivity contribution in [1.29, 1.82) is 0 Å². The smallest absolute Gasteiger partial charge is 0.0774 e. The molecule has 6 aromatic carbocycles. The van der Waals surface area contributed by atoms with E-state index in [4.69, 9.17) is 4.98 Å². The second kappa shape index (κ2) is 15.9. The van der Waals surface area contributed by atoms with Crippen molar-refractivity contribution in [3.63, 3.8) is 0 Å². The molecule has 0 bridgehead atoms. The van der Waals surface area contributed by atoms with Gasteiger partial charge in [0.05, 0.1) is 22.5 Å². The molecule has 1 radical (unpaired) electrons. The van der Waals surface area contributed by atoms with Crippen LogP contribution in [0.25, 0.3) is 71.7 Å². The molecule has 54 heavy (non-hydrogen) atoms. The molecule has 3 nitrogen and oxygen atoms in total. The van der Waals surface area contributed by atoms with Crippen LogP contribution in [0.4, 0.5) is 0 Å². The molecule has 3 heterocycles. The van der Waals surface area contributed by atoms with Crippen LogP contribution in [0.15, 0.2) is 164 Å². The van der Waals surface area contributed by atoms with Crippen molar-refractivity contribution in [3.8, 4) is 50.6 Å². The summed E-state index contributed by atoms with van der Waals surface area (Å²) in [6.07, 6.45) is 1.79. The van der Waals surface area contributed by atoms with Gasteiger partial charge in [-0.25, -0.2) is 0 Å². The minimum Gasteiger partial charge on any atom is -0.332 e. The van der Waals surface area contributed by atoms with Crippen molar-refractivity contribution >= 4 is 32.5 Å². The zero-order valence-corrected chi connectivity index (χ0v) is 33.9. The molecule has 267 valence electrons. The Balaban J connectivity index is 0.000000294. The maximum atomic E-state index is 5.28. The van der Waals surface area contributed by atoms with Crippen molar-refractivity contribution < 1.29 is 20.1 Å². The molecule has 0 aliphatic heterocycles. The quantitative estimate of drug-likeness (QED) is 0.161. The minimum atomic E-state index is 0. The van der Waals surface area contributed by atoms with Crippen molar-refractivity contribution in [2.75, 3.05) is 0 Å². The molecule has 0 aliphatic rings. The van der Waals surface area contributed by atoms with E-state index in [0.29, 0.717) is 0 Å². The Kier molecular flexibility index (Phi) is 10.8. The monoisotopic (exact) mass is 894 g/mol. The number of para-hydroxylation sites is 2. The predicted molar refractivity (Wildman–Crippen MR) is 224 cm³/mol. The number of thiophene rings is 1. The Morgan fingerprint density at radius 2 is 1.31 bits per heavy atom. The fourth-order valence-corrected chi connectivity index (χ4v) is 7.68. The molecule has 0 saturated heterocycles. The standard InChI is InChI=1S/C38H31N2S.C11H8N.Ir/c1-25-21-30(26-13-7-5-8-14-26)36(31(22-25)27-15-9-6-10-16-27)40-34-18-12-11-17-33(34)39-37(40)32-24-41-35-23-28(38(2,3)4)19-20-29(32)35;1-2-6-10(7-3-1)11-8-4-5-9-12-11;/h5-23H,1-4H3;1-6,8-9H;/q2*-1;. The van der Waals surface area contributed by atoms with Gasteiger partial charge in [-0.05, 0) is 65.1 Å². The largest absolute Gasteiger partial charge is 0.332 e. The first-order valence-corrected chi connectivity index (χ1v) is 18.7. The number of rotatable bonds is 5. The second-order valence-corrected chi connectivity index (χ2v) is 15.1. The van der Waals surface area contributed by atoms with Crippen LogP contribution >= 0.6 is 11.3 Å². The van der Waals surface area contributed by atoms with Gasteiger partial charge >= 0.3 is 0 Å². The van der Waals surface area contributed by atoms with Crippen LogP contribution in [0.3, 0.4) is 0 Å². The van der Waals surface area contributed by atoms with E-state index in [1.54, 1.807) is 17.5 Å². The molecule has 0 aliphatic carbocycles. The summed E-state index contributed by atoms with van der Waals surface area (Å²) < 4.78 is 3.61. The Labute approximate surface area is 335 Å². The summed E-state index contributed by atoms with van der Waals surface area (Å²) in [5, 5.41) is 4.86. The number of pyridine rings is 1. The van der Waals surface area contributed by atoms with Gasteiger partial charge in [-0.1, -0.05) is 139 Å². The molecular weight excluding hydrogens is 855 g/mol. The normalized spacial score (nSPS) is 11.2. The molecular formula is C49H39IrN3S-2. The van der Waals surface area contributed by atoms with E-state index in [2.05, 4.69) is 164 Å². The average molecular weight is 894 g/mol. The number of imidazole rings is 1. The van der Waals surface area contributed by atoms with Gasteiger partial charge in [0.1, 0.15) is 0 Å². The number of hydrogen-bond donors (Lipinski definition) is 0. The average Bonchev–Trinajstić information content (AvgIpc) is 3.80. The van der Waals surface area contributed by atoms with Crippen LogP contribution in [0.5, 0.6) is 0 Å². The molecule has 0 unspecified atom stereocenters. The first kappa shape index (κ1) is 36.9. The summed E-state index contributed by atoms with van der Waals surface area (Å²) >= 11 is 1.68. The summed E-state index contributed by atoms with van der Waals surface area (Å²) in [6, 6.07) is 58.2. The van der Waals surface area contributed by atoms with Gasteiger partial charge in [-0.2, -0.15) is 0 Å². The van der Waals surface area contributed by atoms with E-state index < -0.39 is 0 Å². The van der Waals surface area contributed by atoms with Gasteiger partial charge in [0.15, 0.2) is 0 Å². The van der Waals surface area contributed by atoms with Gasteiger partial charge in [-0.3, -0.25) is 16.3 Å². The third-order valence-corrected chi connectivity index (χ3v) is 10.3. The van der Waals surface area contributed by atoms with Gasteiger partial charge in [0.2, 0.25) is 0 Å². The van der Waals surface area contributed by atoms with E-state index in [9.17, 15) is 0 Å².